The summed E-state index contributed by atoms with van der Waals surface area (Å²) in [6.07, 6.45) is 6.16. The Bertz CT molecular complexity index is 1050. The minimum atomic E-state index is 0.990. The van der Waals surface area contributed by atoms with E-state index < -0.39 is 0 Å². The predicted molar refractivity (Wildman–Crippen MR) is 112 cm³/mol. The van der Waals surface area contributed by atoms with E-state index in [4.69, 9.17) is 4.98 Å². The van der Waals surface area contributed by atoms with E-state index >= 15 is 0 Å². The van der Waals surface area contributed by atoms with Gasteiger partial charge in [0, 0.05) is 34.2 Å². The number of pyridine rings is 1. The largest absolute Gasteiger partial charge is 0.357 e. The summed E-state index contributed by atoms with van der Waals surface area (Å²) in [7, 11) is 0. The van der Waals surface area contributed by atoms with Crippen LogP contribution in [0.1, 0.15) is 35.4 Å². The van der Waals surface area contributed by atoms with Crippen molar-refractivity contribution in [2.24, 2.45) is 0 Å². The van der Waals surface area contributed by atoms with Crippen LogP contribution in [0.15, 0.2) is 54.6 Å². The van der Waals surface area contributed by atoms with Gasteiger partial charge >= 0.3 is 0 Å². The maximum Gasteiger partial charge on any atom is 0.0705 e. The number of aryl methyl sites for hydroxylation is 2. The molecular formula is C24H25N3. The molecule has 0 saturated heterocycles. The second-order valence-electron chi connectivity index (χ2n) is 7.55. The summed E-state index contributed by atoms with van der Waals surface area (Å²) in [6, 6.07) is 19.3. The van der Waals surface area contributed by atoms with Crippen molar-refractivity contribution in [1.82, 2.24) is 15.3 Å². The van der Waals surface area contributed by atoms with E-state index in [2.05, 4.69) is 64.9 Å². The van der Waals surface area contributed by atoms with E-state index in [1.807, 2.05) is 0 Å². The molecule has 0 radical (unpaired) electrons. The minimum absolute atomic E-state index is 0.990. The highest BCUT2D eigenvalue weighted by atomic mass is 14.9. The molecule has 3 heterocycles. The third-order valence-electron chi connectivity index (χ3n) is 5.76. The van der Waals surface area contributed by atoms with Gasteiger partial charge in [-0.1, -0.05) is 36.4 Å². The van der Waals surface area contributed by atoms with Gasteiger partial charge in [0.05, 0.1) is 5.52 Å². The first-order valence-electron chi connectivity index (χ1n) is 10.1. The molecule has 2 N–H and O–H groups in total. The lowest BCUT2D eigenvalue weighted by molar-refractivity contribution is 0.637. The molecule has 1 aliphatic carbocycles. The molecule has 3 nitrogen and oxygen atoms in total. The lowest BCUT2D eigenvalue weighted by atomic mass is 9.95. The van der Waals surface area contributed by atoms with Gasteiger partial charge < -0.3 is 10.3 Å². The van der Waals surface area contributed by atoms with E-state index in [0.717, 1.165) is 25.0 Å². The van der Waals surface area contributed by atoms with Crippen LogP contribution in [-0.4, -0.2) is 16.5 Å². The van der Waals surface area contributed by atoms with Crippen molar-refractivity contribution in [2.45, 2.75) is 38.6 Å². The number of nitrogens with zero attached hydrogens (tertiary/aromatic N) is 1. The molecule has 0 unspecified atom stereocenters. The first-order valence-corrected chi connectivity index (χ1v) is 10.1. The molecule has 0 saturated carbocycles. The van der Waals surface area contributed by atoms with Crippen molar-refractivity contribution in [3.8, 4) is 0 Å². The molecule has 2 aromatic carbocycles. The fourth-order valence-electron chi connectivity index (χ4n) is 4.36. The van der Waals surface area contributed by atoms with Crippen LogP contribution < -0.4 is 5.32 Å². The van der Waals surface area contributed by atoms with Crippen molar-refractivity contribution in [1.29, 1.82) is 0 Å². The average Bonchev–Trinajstić information content (AvgIpc) is 3.11. The Balaban J connectivity index is 0.000000119. The summed E-state index contributed by atoms with van der Waals surface area (Å²) >= 11 is 0. The minimum Gasteiger partial charge on any atom is -0.357 e. The van der Waals surface area contributed by atoms with Crippen molar-refractivity contribution < 1.29 is 0 Å². The highest BCUT2D eigenvalue weighted by Gasteiger charge is 2.13. The third kappa shape index (κ3) is 3.24. The molecule has 0 spiro atoms. The number of fused-ring (bicyclic) bond motifs is 5. The van der Waals surface area contributed by atoms with Crippen LogP contribution in [0.25, 0.3) is 21.8 Å². The maximum atomic E-state index is 4.72. The van der Waals surface area contributed by atoms with E-state index in [1.54, 1.807) is 0 Å². The summed E-state index contributed by atoms with van der Waals surface area (Å²) < 4.78 is 0. The van der Waals surface area contributed by atoms with E-state index in [1.165, 1.54) is 64.5 Å². The summed E-state index contributed by atoms with van der Waals surface area (Å²) in [5.41, 5.74) is 8.09. The normalized spacial score (nSPS) is 15.7. The first kappa shape index (κ1) is 16.5. The zero-order chi connectivity index (χ0) is 18.1. The molecule has 3 heteroatoms. The van der Waals surface area contributed by atoms with Gasteiger partial charge in [-0.25, -0.2) is 0 Å². The molecule has 0 atom stereocenters. The number of para-hydroxylation sites is 2. The molecule has 0 bridgehead atoms. The monoisotopic (exact) mass is 355 g/mol. The van der Waals surface area contributed by atoms with Crippen LogP contribution in [0.2, 0.25) is 0 Å². The van der Waals surface area contributed by atoms with Crippen LogP contribution in [0, 0.1) is 0 Å². The molecule has 27 heavy (non-hydrogen) atoms. The lowest BCUT2D eigenvalue weighted by Gasteiger charge is -2.15. The highest BCUT2D eigenvalue weighted by molar-refractivity contribution is 5.84. The van der Waals surface area contributed by atoms with Gasteiger partial charge in [-0.3, -0.25) is 4.98 Å². The Kier molecular flexibility index (Phi) is 4.38. The van der Waals surface area contributed by atoms with Crippen LogP contribution in [0.4, 0.5) is 0 Å². The van der Waals surface area contributed by atoms with E-state index in [-0.39, 0.29) is 0 Å². The number of benzene rings is 2. The second-order valence-corrected chi connectivity index (χ2v) is 7.55. The second kappa shape index (κ2) is 7.16. The van der Waals surface area contributed by atoms with Gasteiger partial charge in [0.25, 0.3) is 0 Å². The van der Waals surface area contributed by atoms with Gasteiger partial charge in [-0.05, 0) is 68.0 Å². The topological polar surface area (TPSA) is 40.7 Å². The molecule has 0 fully saturated rings. The number of aromatic nitrogens is 2. The van der Waals surface area contributed by atoms with Crippen molar-refractivity contribution in [2.75, 3.05) is 6.54 Å². The maximum absolute atomic E-state index is 4.72. The zero-order valence-corrected chi connectivity index (χ0v) is 15.6. The Morgan fingerprint density at radius 1 is 0.852 bits per heavy atom. The van der Waals surface area contributed by atoms with Crippen molar-refractivity contribution in [3.63, 3.8) is 0 Å². The summed E-state index contributed by atoms with van der Waals surface area (Å²) in [5, 5.41) is 6.06. The van der Waals surface area contributed by atoms with Gasteiger partial charge in [0.15, 0.2) is 0 Å². The Labute approximate surface area is 159 Å². The molecule has 0 amide bonds. The molecule has 1 aliphatic heterocycles. The SMILES string of the molecule is c1ccc2c3c([nH]c2c1)CNCC3.c1ccc2nc3c(cc2c1)CCCC3. The predicted octanol–water partition coefficient (Wildman–Crippen LogP) is 4.93. The number of hydrogen-bond donors (Lipinski definition) is 2. The average molecular weight is 355 g/mol. The number of rotatable bonds is 0. The van der Waals surface area contributed by atoms with Gasteiger partial charge in [-0.2, -0.15) is 0 Å². The van der Waals surface area contributed by atoms with Gasteiger partial charge in [-0.15, -0.1) is 0 Å². The van der Waals surface area contributed by atoms with Gasteiger partial charge in [0.1, 0.15) is 0 Å². The molecule has 6 rings (SSSR count). The quantitative estimate of drug-likeness (QED) is 0.470. The number of nitrogens with one attached hydrogen (secondary N) is 2. The summed E-state index contributed by atoms with van der Waals surface area (Å²) in [6.45, 7) is 2.10. The number of H-pyrrole nitrogens is 1. The van der Waals surface area contributed by atoms with Crippen LogP contribution in [0.3, 0.4) is 0 Å². The summed E-state index contributed by atoms with van der Waals surface area (Å²) in [5.74, 6) is 0. The molecule has 2 aromatic heterocycles. The standard InChI is InChI=1S/C13H13N.C11H12N2/c1-3-7-12-10(5-1)9-11-6-2-4-8-13(11)14-12;1-2-4-10-8(3-1)9-5-6-12-7-11(9)13-10/h1,3,5,7,9H,2,4,6,8H2;1-4,12-13H,5-7H2. The van der Waals surface area contributed by atoms with Crippen LogP contribution >= 0.6 is 0 Å². The fourth-order valence-corrected chi connectivity index (χ4v) is 4.36. The molecular weight excluding hydrogens is 330 g/mol. The fraction of sp³-hybridized carbons (Fsp3) is 0.292. The first-order chi connectivity index (χ1) is 13.4. The highest BCUT2D eigenvalue weighted by Crippen LogP contribution is 2.25. The Morgan fingerprint density at radius 2 is 1.70 bits per heavy atom. The van der Waals surface area contributed by atoms with Crippen molar-refractivity contribution >= 4 is 21.8 Å². The van der Waals surface area contributed by atoms with Crippen LogP contribution in [-0.2, 0) is 25.8 Å². The molecule has 2 aliphatic rings. The Hall–Kier alpha value is -2.65. The van der Waals surface area contributed by atoms with E-state index in [9.17, 15) is 0 Å². The molecule has 4 aromatic rings. The Morgan fingerprint density at radius 3 is 2.70 bits per heavy atom. The third-order valence-corrected chi connectivity index (χ3v) is 5.76. The number of aromatic amines is 1. The summed E-state index contributed by atoms with van der Waals surface area (Å²) in [4.78, 5) is 8.17. The smallest absolute Gasteiger partial charge is 0.0705 e. The molecule has 136 valence electrons. The van der Waals surface area contributed by atoms with Crippen molar-refractivity contribution in [3.05, 3.63) is 77.1 Å². The van der Waals surface area contributed by atoms with E-state index in [0.29, 0.717) is 0 Å². The zero-order valence-electron chi connectivity index (χ0n) is 15.6. The van der Waals surface area contributed by atoms with Crippen LogP contribution in [0.5, 0.6) is 0 Å². The lowest BCUT2D eigenvalue weighted by Crippen LogP contribution is -2.22. The number of hydrogen-bond acceptors (Lipinski definition) is 2. The van der Waals surface area contributed by atoms with Gasteiger partial charge in [0.2, 0.25) is 0 Å².